The fourth-order valence-electron chi connectivity index (χ4n) is 0.707. The topological polar surface area (TPSA) is 56.2 Å². The monoisotopic (exact) mass is 151 g/mol. The minimum absolute atomic E-state index is 0.473. The summed E-state index contributed by atoms with van der Waals surface area (Å²) >= 11 is 0. The molecule has 3 nitrogen and oxygen atoms in total. The van der Waals surface area contributed by atoms with E-state index in [1.807, 2.05) is 13.0 Å². The number of primary amides is 1. The lowest BCUT2D eigenvalue weighted by molar-refractivity contribution is -0.113. The first kappa shape index (κ1) is 7.60. The Morgan fingerprint density at radius 2 is 2.36 bits per heavy atom. The van der Waals surface area contributed by atoms with Crippen molar-refractivity contribution in [2.75, 3.05) is 0 Å². The van der Waals surface area contributed by atoms with Crippen LogP contribution in [0.2, 0.25) is 0 Å². The number of rotatable bonds is 2. The molecule has 11 heavy (non-hydrogen) atoms. The molecule has 0 saturated heterocycles. The number of aryl methyl sites for hydroxylation is 1. The molecule has 0 unspecified atom stereocenters. The second-order valence-electron chi connectivity index (χ2n) is 2.18. The normalized spacial score (nSPS) is 10.6. The summed E-state index contributed by atoms with van der Waals surface area (Å²) in [5.74, 6) is 0.981. The quantitative estimate of drug-likeness (QED) is 0.643. The third kappa shape index (κ3) is 2.29. The average molecular weight is 151 g/mol. The Labute approximate surface area is 64.5 Å². The molecule has 0 fully saturated rings. The van der Waals surface area contributed by atoms with Crippen molar-refractivity contribution >= 4 is 12.0 Å². The molecular weight excluding hydrogens is 142 g/mol. The SMILES string of the molecule is Cc1ccc(/C=C\C(N)=O)o1. The van der Waals surface area contributed by atoms with Gasteiger partial charge in [-0.25, -0.2) is 0 Å². The largest absolute Gasteiger partial charge is 0.462 e. The van der Waals surface area contributed by atoms with E-state index >= 15 is 0 Å². The van der Waals surface area contributed by atoms with E-state index in [9.17, 15) is 4.79 Å². The minimum Gasteiger partial charge on any atom is -0.462 e. The number of furan rings is 1. The molecule has 0 aliphatic carbocycles. The van der Waals surface area contributed by atoms with Crippen LogP contribution in [0.15, 0.2) is 22.6 Å². The second-order valence-corrected chi connectivity index (χ2v) is 2.18. The maximum absolute atomic E-state index is 10.3. The predicted octanol–water partition coefficient (Wildman–Crippen LogP) is 1.09. The summed E-state index contributed by atoms with van der Waals surface area (Å²) in [4.78, 5) is 10.3. The van der Waals surface area contributed by atoms with Gasteiger partial charge < -0.3 is 10.2 Å². The summed E-state index contributed by atoms with van der Waals surface area (Å²) in [6.07, 6.45) is 2.80. The van der Waals surface area contributed by atoms with Crippen LogP contribution in [0.4, 0.5) is 0 Å². The van der Waals surface area contributed by atoms with Crippen LogP contribution in [-0.4, -0.2) is 5.91 Å². The van der Waals surface area contributed by atoms with Crippen molar-refractivity contribution < 1.29 is 9.21 Å². The second kappa shape index (κ2) is 3.05. The van der Waals surface area contributed by atoms with Crippen molar-refractivity contribution in [1.29, 1.82) is 0 Å². The van der Waals surface area contributed by atoms with Gasteiger partial charge in [-0.2, -0.15) is 0 Å². The molecule has 58 valence electrons. The highest BCUT2D eigenvalue weighted by Crippen LogP contribution is 2.07. The molecule has 1 amide bonds. The van der Waals surface area contributed by atoms with Gasteiger partial charge in [0, 0.05) is 6.08 Å². The van der Waals surface area contributed by atoms with Gasteiger partial charge in [0.05, 0.1) is 0 Å². The van der Waals surface area contributed by atoms with Crippen molar-refractivity contribution in [1.82, 2.24) is 0 Å². The van der Waals surface area contributed by atoms with Crippen molar-refractivity contribution in [3.8, 4) is 0 Å². The van der Waals surface area contributed by atoms with Gasteiger partial charge in [-0.1, -0.05) is 0 Å². The average Bonchev–Trinajstić information content (AvgIpc) is 2.31. The van der Waals surface area contributed by atoms with E-state index < -0.39 is 5.91 Å². The highest BCUT2D eigenvalue weighted by atomic mass is 16.3. The van der Waals surface area contributed by atoms with Gasteiger partial charge >= 0.3 is 0 Å². The van der Waals surface area contributed by atoms with Gasteiger partial charge in [0.25, 0.3) is 0 Å². The van der Waals surface area contributed by atoms with Gasteiger partial charge in [-0.3, -0.25) is 4.79 Å². The molecule has 0 bridgehead atoms. The number of hydrogen-bond donors (Lipinski definition) is 1. The molecule has 0 aliphatic heterocycles. The first-order chi connectivity index (χ1) is 5.18. The number of carbonyl (C=O) groups excluding carboxylic acids is 1. The van der Waals surface area contributed by atoms with E-state index in [-0.39, 0.29) is 0 Å². The van der Waals surface area contributed by atoms with E-state index in [0.717, 1.165) is 5.76 Å². The summed E-state index contributed by atoms with van der Waals surface area (Å²) in [6.45, 7) is 1.83. The zero-order valence-corrected chi connectivity index (χ0v) is 6.20. The van der Waals surface area contributed by atoms with E-state index in [0.29, 0.717) is 5.76 Å². The van der Waals surface area contributed by atoms with E-state index in [2.05, 4.69) is 0 Å². The molecular formula is C8H9NO2. The molecule has 0 aromatic carbocycles. The van der Waals surface area contributed by atoms with Gasteiger partial charge in [-0.15, -0.1) is 0 Å². The number of hydrogen-bond acceptors (Lipinski definition) is 2. The maximum atomic E-state index is 10.3. The smallest absolute Gasteiger partial charge is 0.241 e. The van der Waals surface area contributed by atoms with E-state index in [1.165, 1.54) is 12.2 Å². The van der Waals surface area contributed by atoms with Crippen molar-refractivity contribution in [3.05, 3.63) is 29.7 Å². The van der Waals surface area contributed by atoms with E-state index in [1.54, 1.807) is 6.07 Å². The summed E-state index contributed by atoms with van der Waals surface area (Å²) in [5.41, 5.74) is 4.88. The van der Waals surface area contributed by atoms with Gasteiger partial charge in [0.1, 0.15) is 11.5 Å². The third-order valence-electron chi connectivity index (χ3n) is 1.17. The van der Waals surface area contributed by atoms with Crippen LogP contribution in [0.3, 0.4) is 0 Å². The van der Waals surface area contributed by atoms with Gasteiger partial charge in [-0.05, 0) is 25.1 Å². The Balaban J connectivity index is 2.71. The highest BCUT2D eigenvalue weighted by molar-refractivity contribution is 5.89. The maximum Gasteiger partial charge on any atom is 0.241 e. The molecule has 2 N–H and O–H groups in total. The van der Waals surface area contributed by atoms with Crippen molar-refractivity contribution in [2.24, 2.45) is 5.73 Å². The molecule has 1 rings (SSSR count). The van der Waals surface area contributed by atoms with Crippen LogP contribution in [0.25, 0.3) is 6.08 Å². The summed E-state index contributed by atoms with van der Waals surface area (Å²) in [5, 5.41) is 0. The van der Waals surface area contributed by atoms with Crippen LogP contribution in [0.5, 0.6) is 0 Å². The van der Waals surface area contributed by atoms with E-state index in [4.69, 9.17) is 10.2 Å². The summed E-state index contributed by atoms with van der Waals surface area (Å²) in [7, 11) is 0. The number of carbonyl (C=O) groups is 1. The van der Waals surface area contributed by atoms with Crippen molar-refractivity contribution in [3.63, 3.8) is 0 Å². The van der Waals surface area contributed by atoms with Crippen LogP contribution in [0, 0.1) is 6.92 Å². The first-order valence-corrected chi connectivity index (χ1v) is 3.22. The molecule has 0 aliphatic rings. The molecule has 0 saturated carbocycles. The lowest BCUT2D eigenvalue weighted by Crippen LogP contribution is -2.04. The van der Waals surface area contributed by atoms with Crippen LogP contribution in [0.1, 0.15) is 11.5 Å². The number of amides is 1. The summed E-state index contributed by atoms with van der Waals surface area (Å²) in [6, 6.07) is 3.59. The fourth-order valence-corrected chi connectivity index (χ4v) is 0.707. The molecule has 0 radical (unpaired) electrons. The summed E-state index contributed by atoms with van der Waals surface area (Å²) < 4.78 is 5.14. The fraction of sp³-hybridized carbons (Fsp3) is 0.125. The molecule has 0 spiro atoms. The zero-order valence-electron chi connectivity index (χ0n) is 6.20. The highest BCUT2D eigenvalue weighted by Gasteiger charge is 1.92. The Hall–Kier alpha value is -1.51. The lowest BCUT2D eigenvalue weighted by Gasteiger charge is -1.82. The standard InChI is InChI=1S/C8H9NO2/c1-6-2-3-7(11-6)4-5-8(9)10/h2-5H,1H3,(H2,9,10)/b5-4-. The Bertz CT molecular complexity index is 286. The Morgan fingerprint density at radius 3 is 2.82 bits per heavy atom. The lowest BCUT2D eigenvalue weighted by atomic mass is 10.4. The van der Waals surface area contributed by atoms with Gasteiger partial charge in [0.2, 0.25) is 5.91 Å². The molecule has 0 atom stereocenters. The Kier molecular flexibility index (Phi) is 2.11. The Morgan fingerprint density at radius 1 is 1.64 bits per heavy atom. The minimum atomic E-state index is -0.473. The zero-order chi connectivity index (χ0) is 8.27. The van der Waals surface area contributed by atoms with Crippen molar-refractivity contribution in [2.45, 2.75) is 6.92 Å². The predicted molar refractivity (Wildman–Crippen MR) is 41.7 cm³/mol. The van der Waals surface area contributed by atoms with Crippen LogP contribution >= 0.6 is 0 Å². The molecule has 1 aromatic rings. The molecule has 3 heteroatoms. The molecule has 1 aromatic heterocycles. The van der Waals surface area contributed by atoms with Crippen LogP contribution in [-0.2, 0) is 4.79 Å². The first-order valence-electron chi connectivity index (χ1n) is 3.22. The van der Waals surface area contributed by atoms with Gasteiger partial charge in [0.15, 0.2) is 0 Å². The number of nitrogens with two attached hydrogens (primary N) is 1. The van der Waals surface area contributed by atoms with Crippen LogP contribution < -0.4 is 5.73 Å². The molecule has 1 heterocycles. The third-order valence-corrected chi connectivity index (χ3v) is 1.17.